The first-order valence-electron chi connectivity index (χ1n) is 8.75. The van der Waals surface area contributed by atoms with Crippen LogP contribution >= 0.6 is 0 Å². The summed E-state index contributed by atoms with van der Waals surface area (Å²) in [5, 5.41) is 0. The second kappa shape index (κ2) is 8.47. The zero-order valence-corrected chi connectivity index (χ0v) is 14.5. The van der Waals surface area contributed by atoms with Crippen LogP contribution in [0.3, 0.4) is 0 Å². The van der Waals surface area contributed by atoms with E-state index in [0.717, 1.165) is 36.9 Å². The lowest BCUT2D eigenvalue weighted by molar-refractivity contribution is -0.140. The lowest BCUT2D eigenvalue weighted by Crippen LogP contribution is -2.22. The average Bonchev–Trinajstić information content (AvgIpc) is 2.68. The van der Waals surface area contributed by atoms with E-state index in [9.17, 15) is 4.79 Å². The number of aromatic nitrogens is 1. The molecular formula is C21H23NO3. The highest BCUT2D eigenvalue weighted by molar-refractivity contribution is 5.76. The predicted octanol–water partition coefficient (Wildman–Crippen LogP) is 4.75. The maximum Gasteiger partial charge on any atom is 0.314 e. The van der Waals surface area contributed by atoms with Crippen LogP contribution in [-0.2, 0) is 4.79 Å². The van der Waals surface area contributed by atoms with E-state index in [1.165, 1.54) is 6.42 Å². The zero-order valence-electron chi connectivity index (χ0n) is 14.5. The number of ether oxygens (including phenoxy) is 2. The first-order chi connectivity index (χ1) is 12.3. The van der Waals surface area contributed by atoms with Gasteiger partial charge in [0.25, 0.3) is 0 Å². The van der Waals surface area contributed by atoms with Crippen LogP contribution in [0.15, 0.2) is 42.6 Å². The Bertz CT molecular complexity index is 734. The summed E-state index contributed by atoms with van der Waals surface area (Å²) in [6.07, 6.45) is 10.9. The maximum absolute atomic E-state index is 12.3. The highest BCUT2D eigenvalue weighted by Crippen LogP contribution is 2.31. The Hall–Kier alpha value is -2.62. The highest BCUT2D eigenvalue weighted by atomic mass is 16.6. The van der Waals surface area contributed by atoms with Gasteiger partial charge in [-0.25, -0.2) is 0 Å². The molecule has 0 atom stereocenters. The fraction of sp³-hybridized carbons (Fsp3) is 0.333. The number of methoxy groups -OCH3 is 1. The molecule has 4 nitrogen and oxygen atoms in total. The van der Waals surface area contributed by atoms with Crippen molar-refractivity contribution in [2.24, 2.45) is 5.92 Å². The van der Waals surface area contributed by atoms with Gasteiger partial charge in [-0.1, -0.05) is 37.5 Å². The molecule has 0 amide bonds. The molecule has 0 unspecified atom stereocenters. The van der Waals surface area contributed by atoms with Crippen molar-refractivity contribution in [3.63, 3.8) is 0 Å². The summed E-state index contributed by atoms with van der Waals surface area (Å²) < 4.78 is 11.0. The number of benzene rings is 1. The van der Waals surface area contributed by atoms with Gasteiger partial charge in [0, 0.05) is 6.20 Å². The van der Waals surface area contributed by atoms with Crippen LogP contribution in [0, 0.1) is 5.92 Å². The van der Waals surface area contributed by atoms with Gasteiger partial charge in [-0.3, -0.25) is 9.78 Å². The number of carbonyl (C=O) groups is 1. The Morgan fingerprint density at radius 3 is 2.64 bits per heavy atom. The van der Waals surface area contributed by atoms with Gasteiger partial charge in [-0.15, -0.1) is 0 Å². The smallest absolute Gasteiger partial charge is 0.314 e. The minimum atomic E-state index is -0.144. The van der Waals surface area contributed by atoms with Crippen molar-refractivity contribution in [3.8, 4) is 11.5 Å². The molecule has 130 valence electrons. The molecule has 1 fully saturated rings. The molecular weight excluding hydrogens is 314 g/mol. The van der Waals surface area contributed by atoms with Crippen LogP contribution in [0.4, 0.5) is 0 Å². The van der Waals surface area contributed by atoms with Crippen molar-refractivity contribution in [1.29, 1.82) is 0 Å². The first kappa shape index (κ1) is 17.2. The summed E-state index contributed by atoms with van der Waals surface area (Å²) in [7, 11) is 1.58. The average molecular weight is 337 g/mol. The van der Waals surface area contributed by atoms with E-state index in [4.69, 9.17) is 9.47 Å². The molecule has 1 heterocycles. The molecule has 0 bridgehead atoms. The first-order valence-corrected chi connectivity index (χ1v) is 8.75. The monoisotopic (exact) mass is 337 g/mol. The van der Waals surface area contributed by atoms with Gasteiger partial charge < -0.3 is 9.47 Å². The second-order valence-electron chi connectivity index (χ2n) is 6.25. The molecule has 0 radical (unpaired) electrons. The highest BCUT2D eigenvalue weighted by Gasteiger charge is 2.23. The van der Waals surface area contributed by atoms with Crippen LogP contribution < -0.4 is 9.47 Å². The van der Waals surface area contributed by atoms with Gasteiger partial charge in [0.15, 0.2) is 11.5 Å². The molecule has 1 aromatic heterocycles. The summed E-state index contributed by atoms with van der Waals surface area (Å²) in [6, 6.07) is 11.3. The fourth-order valence-electron chi connectivity index (χ4n) is 3.06. The van der Waals surface area contributed by atoms with Crippen molar-refractivity contribution in [2.45, 2.75) is 32.1 Å². The largest absolute Gasteiger partial charge is 0.493 e. The molecule has 1 aliphatic rings. The van der Waals surface area contributed by atoms with Gasteiger partial charge in [0.05, 0.1) is 18.7 Å². The van der Waals surface area contributed by atoms with E-state index >= 15 is 0 Å². The predicted molar refractivity (Wildman–Crippen MR) is 98.4 cm³/mol. The minimum absolute atomic E-state index is 0.0159. The van der Waals surface area contributed by atoms with Crippen molar-refractivity contribution in [3.05, 3.63) is 53.9 Å². The van der Waals surface area contributed by atoms with Gasteiger partial charge in [0.1, 0.15) is 0 Å². The van der Waals surface area contributed by atoms with Crippen LogP contribution in [-0.4, -0.2) is 18.1 Å². The number of carbonyl (C=O) groups excluding carboxylic acids is 1. The third-order valence-electron chi connectivity index (χ3n) is 4.47. The summed E-state index contributed by atoms with van der Waals surface area (Å²) in [5.74, 6) is 0.914. The van der Waals surface area contributed by atoms with E-state index in [1.54, 1.807) is 19.4 Å². The topological polar surface area (TPSA) is 48.4 Å². The molecule has 1 aromatic carbocycles. The second-order valence-corrected chi connectivity index (χ2v) is 6.25. The Labute approximate surface area is 148 Å². The minimum Gasteiger partial charge on any atom is -0.493 e. The molecule has 0 N–H and O–H groups in total. The molecule has 25 heavy (non-hydrogen) atoms. The van der Waals surface area contributed by atoms with Crippen LogP contribution in [0.2, 0.25) is 0 Å². The normalized spacial score (nSPS) is 15.2. The number of hydrogen-bond acceptors (Lipinski definition) is 4. The number of pyridine rings is 1. The summed E-state index contributed by atoms with van der Waals surface area (Å²) in [6.45, 7) is 0. The van der Waals surface area contributed by atoms with E-state index in [2.05, 4.69) is 4.98 Å². The Morgan fingerprint density at radius 1 is 1.08 bits per heavy atom. The fourth-order valence-corrected chi connectivity index (χ4v) is 3.06. The van der Waals surface area contributed by atoms with Crippen molar-refractivity contribution < 1.29 is 14.3 Å². The van der Waals surface area contributed by atoms with Crippen molar-refractivity contribution in [2.75, 3.05) is 7.11 Å². The van der Waals surface area contributed by atoms with Crippen molar-refractivity contribution >= 4 is 18.1 Å². The lowest BCUT2D eigenvalue weighted by Gasteiger charge is -2.20. The van der Waals surface area contributed by atoms with Crippen LogP contribution in [0.25, 0.3) is 12.2 Å². The molecule has 0 spiro atoms. The standard InChI is InChI=1S/C21H23NO3/c1-24-20-15-16(10-12-18-9-5-6-14-22-18)11-13-19(20)25-21(23)17-7-3-2-4-8-17/h5-6,9-15,17H,2-4,7-8H2,1H3/b12-10+. The molecule has 0 saturated heterocycles. The van der Waals surface area contributed by atoms with Gasteiger partial charge >= 0.3 is 5.97 Å². The Kier molecular flexibility index (Phi) is 5.83. The molecule has 2 aromatic rings. The maximum atomic E-state index is 12.3. The third kappa shape index (κ3) is 4.69. The number of nitrogens with zero attached hydrogens (tertiary/aromatic N) is 1. The SMILES string of the molecule is COc1cc(/C=C/c2ccccn2)ccc1OC(=O)C1CCCCC1. The number of rotatable bonds is 5. The van der Waals surface area contributed by atoms with Crippen molar-refractivity contribution in [1.82, 2.24) is 4.98 Å². The molecule has 4 heteroatoms. The Balaban J connectivity index is 1.71. The van der Waals surface area contributed by atoms with Gasteiger partial charge in [0.2, 0.25) is 0 Å². The van der Waals surface area contributed by atoms with E-state index in [0.29, 0.717) is 11.5 Å². The van der Waals surface area contributed by atoms with Crippen LogP contribution in [0.1, 0.15) is 43.4 Å². The number of hydrogen-bond donors (Lipinski definition) is 0. The van der Waals surface area contributed by atoms with E-state index < -0.39 is 0 Å². The number of esters is 1. The molecule has 0 aliphatic heterocycles. The third-order valence-corrected chi connectivity index (χ3v) is 4.47. The van der Waals surface area contributed by atoms with E-state index in [-0.39, 0.29) is 11.9 Å². The van der Waals surface area contributed by atoms with Crippen LogP contribution in [0.5, 0.6) is 11.5 Å². The summed E-state index contributed by atoms with van der Waals surface area (Å²) in [4.78, 5) is 16.6. The molecule has 1 saturated carbocycles. The zero-order chi connectivity index (χ0) is 17.5. The molecule has 3 rings (SSSR count). The lowest BCUT2D eigenvalue weighted by atomic mass is 9.89. The summed E-state index contributed by atoms with van der Waals surface area (Å²) in [5.41, 5.74) is 1.84. The van der Waals surface area contributed by atoms with E-state index in [1.807, 2.05) is 42.5 Å². The Morgan fingerprint density at radius 2 is 1.92 bits per heavy atom. The van der Waals surface area contributed by atoms with Gasteiger partial charge in [-0.2, -0.15) is 0 Å². The quantitative estimate of drug-likeness (QED) is 0.584. The summed E-state index contributed by atoms with van der Waals surface area (Å²) >= 11 is 0. The van der Waals surface area contributed by atoms with Gasteiger partial charge in [-0.05, 0) is 48.7 Å². The molecule has 1 aliphatic carbocycles.